The Bertz CT molecular complexity index is 174. The van der Waals surface area contributed by atoms with Crippen molar-refractivity contribution in [3.05, 3.63) is 0 Å². The Morgan fingerprint density at radius 3 is 2.46 bits per heavy atom. The van der Waals surface area contributed by atoms with Crippen molar-refractivity contribution in [2.24, 2.45) is 0 Å². The van der Waals surface area contributed by atoms with Gasteiger partial charge < -0.3 is 10.2 Å². The minimum atomic E-state index is -4.27. The minimum Gasteiger partial charge on any atom is -0.395 e. The van der Waals surface area contributed by atoms with Crippen molar-refractivity contribution >= 4 is 0 Å². The molecule has 13 heavy (non-hydrogen) atoms. The van der Waals surface area contributed by atoms with Gasteiger partial charge in [0, 0.05) is 12.6 Å². The largest absolute Gasteiger partial charge is 0.401 e. The molecular formula is C7H12F3NO2. The zero-order valence-corrected chi connectivity index (χ0v) is 6.96. The van der Waals surface area contributed by atoms with Crippen molar-refractivity contribution in [2.75, 3.05) is 19.7 Å². The molecule has 2 N–H and O–H groups in total. The maximum Gasteiger partial charge on any atom is 0.401 e. The molecule has 1 aliphatic heterocycles. The monoisotopic (exact) mass is 199 g/mol. The van der Waals surface area contributed by atoms with Gasteiger partial charge in [-0.15, -0.1) is 0 Å². The van der Waals surface area contributed by atoms with E-state index in [9.17, 15) is 13.2 Å². The highest BCUT2D eigenvalue weighted by Gasteiger charge is 2.38. The molecule has 0 aliphatic carbocycles. The van der Waals surface area contributed by atoms with E-state index in [0.29, 0.717) is 0 Å². The van der Waals surface area contributed by atoms with Crippen LogP contribution >= 0.6 is 0 Å². The van der Waals surface area contributed by atoms with Crippen LogP contribution in [0.25, 0.3) is 0 Å². The molecule has 0 aromatic rings. The molecule has 3 nitrogen and oxygen atoms in total. The van der Waals surface area contributed by atoms with Crippen LogP contribution in [0.3, 0.4) is 0 Å². The molecule has 0 aromatic carbocycles. The molecule has 1 heterocycles. The highest BCUT2D eigenvalue weighted by molar-refractivity contribution is 4.85. The summed E-state index contributed by atoms with van der Waals surface area (Å²) in [4.78, 5) is 1.06. The number of aliphatic hydroxyl groups excluding tert-OH is 2. The lowest BCUT2D eigenvalue weighted by molar-refractivity contribution is -0.149. The number of β-amino-alcohol motifs (C(OH)–C–C–N with tert-alkyl or cyclic N) is 1. The Morgan fingerprint density at radius 1 is 1.38 bits per heavy atom. The summed E-state index contributed by atoms with van der Waals surface area (Å²) in [7, 11) is 0. The molecular weight excluding hydrogens is 187 g/mol. The Hall–Kier alpha value is -0.330. The quantitative estimate of drug-likeness (QED) is 0.656. The van der Waals surface area contributed by atoms with Crippen LogP contribution < -0.4 is 0 Å². The Balaban J connectivity index is 2.49. The van der Waals surface area contributed by atoms with Crippen molar-refractivity contribution in [3.8, 4) is 0 Å². The molecule has 0 spiro atoms. The predicted molar refractivity (Wildman–Crippen MR) is 39.1 cm³/mol. The summed E-state index contributed by atoms with van der Waals surface area (Å²) in [6, 6.07) is -0.559. The summed E-state index contributed by atoms with van der Waals surface area (Å²) in [5.74, 6) is 0. The van der Waals surface area contributed by atoms with Crippen molar-refractivity contribution in [2.45, 2.75) is 24.7 Å². The highest BCUT2D eigenvalue weighted by Crippen LogP contribution is 2.23. The van der Waals surface area contributed by atoms with Crippen molar-refractivity contribution in [3.63, 3.8) is 0 Å². The number of hydrogen-bond donors (Lipinski definition) is 2. The molecule has 1 rings (SSSR count). The zero-order valence-electron chi connectivity index (χ0n) is 6.96. The van der Waals surface area contributed by atoms with Gasteiger partial charge in [-0.3, -0.25) is 4.90 Å². The summed E-state index contributed by atoms with van der Waals surface area (Å²) < 4.78 is 35.8. The summed E-state index contributed by atoms with van der Waals surface area (Å²) in [5.41, 5.74) is 0. The molecule has 0 saturated carbocycles. The van der Waals surface area contributed by atoms with Crippen LogP contribution in [0.1, 0.15) is 6.42 Å². The predicted octanol–water partition coefficient (Wildman–Crippen LogP) is -0.0238. The fourth-order valence-corrected chi connectivity index (χ4v) is 1.57. The van der Waals surface area contributed by atoms with E-state index < -0.39 is 24.9 Å². The highest BCUT2D eigenvalue weighted by atomic mass is 19.4. The van der Waals surface area contributed by atoms with Crippen LogP contribution in [0.4, 0.5) is 13.2 Å². The van der Waals surface area contributed by atoms with E-state index in [0.717, 1.165) is 4.90 Å². The maximum absolute atomic E-state index is 11.9. The van der Waals surface area contributed by atoms with Crippen LogP contribution in [0.2, 0.25) is 0 Å². The van der Waals surface area contributed by atoms with Crippen LogP contribution in [-0.2, 0) is 0 Å². The molecule has 6 heteroatoms. The third-order valence-electron chi connectivity index (χ3n) is 2.10. The van der Waals surface area contributed by atoms with Crippen LogP contribution in [0.5, 0.6) is 0 Å². The summed E-state index contributed by atoms with van der Waals surface area (Å²) in [6.45, 7) is -1.41. The fourth-order valence-electron chi connectivity index (χ4n) is 1.57. The number of halogens is 3. The Morgan fingerprint density at radius 2 is 2.00 bits per heavy atom. The minimum absolute atomic E-state index is 0.00919. The third-order valence-corrected chi connectivity index (χ3v) is 2.10. The lowest BCUT2D eigenvalue weighted by Crippen LogP contribution is -2.39. The first-order chi connectivity index (χ1) is 5.92. The summed E-state index contributed by atoms with van der Waals surface area (Å²) in [5, 5.41) is 17.8. The number of likely N-dealkylation sites (tertiary alicyclic amines) is 1. The molecule has 78 valence electrons. The van der Waals surface area contributed by atoms with Crippen LogP contribution in [0.15, 0.2) is 0 Å². The van der Waals surface area contributed by atoms with Gasteiger partial charge in [0.2, 0.25) is 0 Å². The lowest BCUT2D eigenvalue weighted by Gasteiger charge is -2.23. The number of aliphatic hydroxyl groups is 2. The number of nitrogens with zero attached hydrogens (tertiary/aromatic N) is 1. The van der Waals surface area contributed by atoms with Gasteiger partial charge in [-0.25, -0.2) is 0 Å². The first-order valence-corrected chi connectivity index (χ1v) is 4.02. The second kappa shape index (κ2) is 3.81. The van der Waals surface area contributed by atoms with E-state index in [-0.39, 0.29) is 19.6 Å². The van der Waals surface area contributed by atoms with Gasteiger partial charge >= 0.3 is 6.18 Å². The van der Waals surface area contributed by atoms with Gasteiger partial charge in [0.15, 0.2) is 0 Å². The summed E-state index contributed by atoms with van der Waals surface area (Å²) in [6.07, 6.45) is -4.80. The van der Waals surface area contributed by atoms with Crippen molar-refractivity contribution in [1.29, 1.82) is 0 Å². The maximum atomic E-state index is 11.9. The van der Waals surface area contributed by atoms with Gasteiger partial charge in [0.05, 0.1) is 19.3 Å². The molecule has 0 bridgehead atoms. The Kier molecular flexibility index (Phi) is 3.15. The average Bonchev–Trinajstić information content (AvgIpc) is 2.27. The normalized spacial score (nSPS) is 31.2. The molecule has 2 unspecified atom stereocenters. The molecule has 1 aliphatic rings. The van der Waals surface area contributed by atoms with Crippen molar-refractivity contribution in [1.82, 2.24) is 4.90 Å². The van der Waals surface area contributed by atoms with Crippen LogP contribution in [-0.4, -0.2) is 53.1 Å². The Labute approximate surface area is 73.8 Å². The van der Waals surface area contributed by atoms with Gasteiger partial charge in [-0.05, 0) is 6.42 Å². The topological polar surface area (TPSA) is 43.7 Å². The van der Waals surface area contributed by atoms with E-state index in [1.165, 1.54) is 0 Å². The van der Waals surface area contributed by atoms with Gasteiger partial charge in [0.25, 0.3) is 0 Å². The van der Waals surface area contributed by atoms with E-state index in [2.05, 4.69) is 0 Å². The average molecular weight is 199 g/mol. The number of hydrogen-bond acceptors (Lipinski definition) is 3. The molecule has 0 aromatic heterocycles. The molecule has 0 amide bonds. The van der Waals surface area contributed by atoms with Gasteiger partial charge in [-0.1, -0.05) is 0 Å². The first-order valence-electron chi connectivity index (χ1n) is 4.02. The molecule has 2 atom stereocenters. The molecule has 1 fully saturated rings. The fraction of sp³-hybridized carbons (Fsp3) is 1.00. The standard InChI is InChI=1S/C7H12F3NO2/c8-7(9,10)4-11-2-6(13)1-5(11)3-12/h5-6,12-13H,1-4H2. The van der Waals surface area contributed by atoms with E-state index >= 15 is 0 Å². The summed E-state index contributed by atoms with van der Waals surface area (Å²) >= 11 is 0. The molecule has 0 radical (unpaired) electrons. The van der Waals surface area contributed by atoms with Crippen LogP contribution in [0, 0.1) is 0 Å². The zero-order chi connectivity index (χ0) is 10.1. The number of rotatable bonds is 2. The van der Waals surface area contributed by atoms with E-state index in [4.69, 9.17) is 10.2 Å². The second-order valence-corrected chi connectivity index (χ2v) is 3.27. The van der Waals surface area contributed by atoms with E-state index in [1.807, 2.05) is 0 Å². The second-order valence-electron chi connectivity index (χ2n) is 3.27. The number of alkyl halides is 3. The molecule has 1 saturated heterocycles. The smallest absolute Gasteiger partial charge is 0.395 e. The van der Waals surface area contributed by atoms with E-state index in [1.54, 1.807) is 0 Å². The van der Waals surface area contributed by atoms with Crippen molar-refractivity contribution < 1.29 is 23.4 Å². The third kappa shape index (κ3) is 3.13. The van der Waals surface area contributed by atoms with Gasteiger partial charge in [0.1, 0.15) is 0 Å². The SMILES string of the molecule is OCC1CC(O)CN1CC(F)(F)F. The lowest BCUT2D eigenvalue weighted by atomic mass is 10.2. The van der Waals surface area contributed by atoms with Gasteiger partial charge in [-0.2, -0.15) is 13.2 Å². The first kappa shape index (κ1) is 10.7.